The lowest BCUT2D eigenvalue weighted by Crippen LogP contribution is -2.16. The molecule has 0 aromatic heterocycles. The van der Waals surface area contributed by atoms with Gasteiger partial charge in [-0.15, -0.1) is 0 Å². The van der Waals surface area contributed by atoms with Gasteiger partial charge in [-0.05, 0) is 36.4 Å². The molecule has 0 fully saturated rings. The smallest absolute Gasteiger partial charge is 0.304 e. The van der Waals surface area contributed by atoms with E-state index < -0.39 is 12.3 Å². The maximum Gasteiger partial charge on any atom is 0.304 e. The third-order valence-electron chi connectivity index (χ3n) is 3.25. The molecule has 7 nitrogen and oxygen atoms in total. The Bertz CT molecular complexity index is 646. The fraction of sp³-hybridized carbons (Fsp3) is 0.381. The van der Waals surface area contributed by atoms with Gasteiger partial charge in [0.1, 0.15) is 0 Å². The molecule has 1 unspecified atom stereocenters. The van der Waals surface area contributed by atoms with Gasteiger partial charge in [0.15, 0.2) is 6.79 Å². The van der Waals surface area contributed by atoms with Crippen molar-refractivity contribution in [2.75, 3.05) is 24.5 Å². The van der Waals surface area contributed by atoms with Gasteiger partial charge >= 0.3 is 5.97 Å². The van der Waals surface area contributed by atoms with Crippen LogP contribution in [0.1, 0.15) is 46.5 Å². The first-order valence-corrected chi connectivity index (χ1v) is 9.37. The number of esters is 1. The van der Waals surface area contributed by atoms with E-state index in [1.807, 2.05) is 83.3 Å². The lowest BCUT2D eigenvalue weighted by molar-refractivity contribution is -0.204. The van der Waals surface area contributed by atoms with E-state index in [9.17, 15) is 4.79 Å². The van der Waals surface area contributed by atoms with Crippen LogP contribution in [0, 0.1) is 0 Å². The van der Waals surface area contributed by atoms with Gasteiger partial charge in [-0.1, -0.05) is 39.8 Å². The van der Waals surface area contributed by atoms with E-state index in [0.717, 1.165) is 17.1 Å². The number of carbonyl (C=O) groups excluding carboxylic acids is 1. The van der Waals surface area contributed by atoms with Crippen LogP contribution in [0.15, 0.2) is 48.5 Å². The van der Waals surface area contributed by atoms with Crippen molar-refractivity contribution in [3.8, 4) is 0 Å². The third-order valence-corrected chi connectivity index (χ3v) is 3.25. The molecule has 7 heteroatoms. The molecule has 0 aliphatic carbocycles. The molecule has 0 radical (unpaired) electrons. The molecule has 0 bridgehead atoms. The first-order chi connectivity index (χ1) is 13.6. The van der Waals surface area contributed by atoms with Crippen LogP contribution >= 0.6 is 0 Å². The Morgan fingerprint density at radius 3 is 1.82 bits per heavy atom. The summed E-state index contributed by atoms with van der Waals surface area (Å²) < 4.78 is 9.96. The highest BCUT2D eigenvalue weighted by atomic mass is 16.8. The zero-order valence-corrected chi connectivity index (χ0v) is 17.6. The van der Waals surface area contributed by atoms with Gasteiger partial charge in [0, 0.05) is 36.6 Å². The summed E-state index contributed by atoms with van der Waals surface area (Å²) in [5.41, 5.74) is 3.63. The minimum atomic E-state index is -0.812. The standard InChI is InChI=1S/C17H21N3O4.2C2H6/c1-12(21)22-11-23-17(24-18)13-3-5-15(6-4-13)20-16-9-7-14(19-2)8-10-16;2*1-2/h3-10,17,19-20H,11,18H2,1-2H3;2*1-2H3. The maximum absolute atomic E-state index is 10.7. The fourth-order valence-electron chi connectivity index (χ4n) is 2.00. The number of nitrogens with two attached hydrogens (primary N) is 1. The van der Waals surface area contributed by atoms with Gasteiger partial charge in [-0.25, -0.2) is 5.90 Å². The van der Waals surface area contributed by atoms with Crippen molar-refractivity contribution in [3.05, 3.63) is 54.1 Å². The lowest BCUT2D eigenvalue weighted by Gasteiger charge is -2.16. The Morgan fingerprint density at radius 2 is 1.39 bits per heavy atom. The van der Waals surface area contributed by atoms with Crippen molar-refractivity contribution in [2.24, 2.45) is 5.90 Å². The molecule has 28 heavy (non-hydrogen) atoms. The van der Waals surface area contributed by atoms with Crippen molar-refractivity contribution in [1.82, 2.24) is 0 Å². The predicted octanol–water partition coefficient (Wildman–Crippen LogP) is 4.95. The van der Waals surface area contributed by atoms with E-state index in [4.69, 9.17) is 20.2 Å². The summed E-state index contributed by atoms with van der Waals surface area (Å²) in [6.45, 7) is 9.07. The van der Waals surface area contributed by atoms with Crippen LogP contribution in [0.2, 0.25) is 0 Å². The van der Waals surface area contributed by atoms with Crippen molar-refractivity contribution in [1.29, 1.82) is 0 Å². The molecule has 156 valence electrons. The van der Waals surface area contributed by atoms with Gasteiger partial charge in [0.05, 0.1) is 0 Å². The number of ether oxygens (including phenoxy) is 2. The van der Waals surface area contributed by atoms with Crippen LogP contribution in [0.25, 0.3) is 0 Å². The number of hydrogen-bond donors (Lipinski definition) is 3. The predicted molar refractivity (Wildman–Crippen MR) is 114 cm³/mol. The number of benzene rings is 2. The summed E-state index contributed by atoms with van der Waals surface area (Å²) in [7, 11) is 1.88. The molecule has 0 amide bonds. The Morgan fingerprint density at radius 1 is 0.929 bits per heavy atom. The average molecular weight is 392 g/mol. The Kier molecular flexibility index (Phi) is 14.0. The Balaban J connectivity index is 0.00000171. The minimum Gasteiger partial charge on any atom is -0.439 e. The van der Waals surface area contributed by atoms with Crippen molar-refractivity contribution >= 4 is 23.0 Å². The number of nitrogens with one attached hydrogen (secondary N) is 2. The van der Waals surface area contributed by atoms with E-state index in [-0.39, 0.29) is 6.79 Å². The first-order valence-electron chi connectivity index (χ1n) is 9.37. The normalized spacial score (nSPS) is 10.4. The summed E-state index contributed by atoms with van der Waals surface area (Å²) in [5.74, 6) is 4.79. The molecule has 0 saturated carbocycles. The van der Waals surface area contributed by atoms with Crippen LogP contribution in [0.4, 0.5) is 17.1 Å². The molecule has 2 aromatic carbocycles. The summed E-state index contributed by atoms with van der Waals surface area (Å²) in [6, 6.07) is 15.3. The number of hydrogen-bond acceptors (Lipinski definition) is 7. The van der Waals surface area contributed by atoms with Gasteiger partial charge in [-0.3, -0.25) is 9.63 Å². The maximum atomic E-state index is 10.7. The van der Waals surface area contributed by atoms with E-state index in [2.05, 4.69) is 10.6 Å². The summed E-state index contributed by atoms with van der Waals surface area (Å²) in [6.07, 6.45) is -0.812. The number of rotatable bonds is 8. The topological polar surface area (TPSA) is 94.8 Å². The highest BCUT2D eigenvalue weighted by Crippen LogP contribution is 2.23. The number of anilines is 3. The van der Waals surface area contributed by atoms with Gasteiger partial charge in [0.25, 0.3) is 0 Å². The average Bonchev–Trinajstić information content (AvgIpc) is 2.75. The van der Waals surface area contributed by atoms with Crippen molar-refractivity contribution in [2.45, 2.75) is 40.9 Å². The molecule has 0 heterocycles. The lowest BCUT2D eigenvalue weighted by atomic mass is 10.2. The number of carbonyl (C=O) groups is 1. The van der Waals surface area contributed by atoms with Gasteiger partial charge in [0.2, 0.25) is 6.29 Å². The van der Waals surface area contributed by atoms with E-state index in [1.54, 1.807) is 0 Å². The summed E-state index contributed by atoms with van der Waals surface area (Å²) in [5, 5.41) is 6.36. The van der Waals surface area contributed by atoms with Crippen LogP contribution < -0.4 is 16.5 Å². The van der Waals surface area contributed by atoms with Crippen LogP contribution in [-0.2, 0) is 19.1 Å². The Labute approximate surface area is 168 Å². The fourth-order valence-corrected chi connectivity index (χ4v) is 2.00. The second-order valence-electron chi connectivity index (χ2n) is 4.96. The summed E-state index contributed by atoms with van der Waals surface area (Å²) >= 11 is 0. The summed E-state index contributed by atoms with van der Waals surface area (Å²) in [4.78, 5) is 15.5. The Hall–Kier alpha value is -2.61. The molecule has 4 N–H and O–H groups in total. The van der Waals surface area contributed by atoms with E-state index in [1.165, 1.54) is 6.92 Å². The SMILES string of the molecule is CC.CC.CNc1ccc(Nc2ccc(C(ON)OCOC(C)=O)cc2)cc1. The molecule has 0 saturated heterocycles. The molecule has 2 rings (SSSR count). The van der Waals surface area contributed by atoms with Crippen LogP contribution in [0.3, 0.4) is 0 Å². The molecule has 0 spiro atoms. The van der Waals surface area contributed by atoms with E-state index in [0.29, 0.717) is 5.56 Å². The van der Waals surface area contributed by atoms with Gasteiger partial charge < -0.3 is 20.1 Å². The van der Waals surface area contributed by atoms with Gasteiger partial charge in [-0.2, -0.15) is 0 Å². The second kappa shape index (κ2) is 15.4. The molecular formula is C21H33N3O4. The van der Waals surface area contributed by atoms with E-state index >= 15 is 0 Å². The molecular weight excluding hydrogens is 358 g/mol. The molecule has 2 aromatic rings. The quantitative estimate of drug-likeness (QED) is 0.333. The third kappa shape index (κ3) is 9.36. The van der Waals surface area contributed by atoms with Crippen molar-refractivity contribution in [3.63, 3.8) is 0 Å². The largest absolute Gasteiger partial charge is 0.439 e. The highest BCUT2D eigenvalue weighted by Gasteiger charge is 2.12. The second-order valence-corrected chi connectivity index (χ2v) is 4.96. The molecule has 0 aliphatic rings. The first kappa shape index (κ1) is 25.4. The zero-order valence-electron chi connectivity index (χ0n) is 17.6. The van der Waals surface area contributed by atoms with Crippen molar-refractivity contribution < 1.29 is 19.1 Å². The van der Waals surface area contributed by atoms with Crippen LogP contribution in [-0.4, -0.2) is 19.8 Å². The minimum absolute atomic E-state index is 0.227. The van der Waals surface area contributed by atoms with Crippen LogP contribution in [0.5, 0.6) is 0 Å². The highest BCUT2D eigenvalue weighted by molar-refractivity contribution is 5.65. The molecule has 0 aliphatic heterocycles. The zero-order chi connectivity index (χ0) is 21.4. The monoisotopic (exact) mass is 391 g/mol. The molecule has 1 atom stereocenters.